The molecule has 2 unspecified atom stereocenters. The van der Waals surface area contributed by atoms with Gasteiger partial charge in [0, 0.05) is 12.6 Å². The normalized spacial score (nSPS) is 24.9. The molecule has 2 heterocycles. The number of ether oxygens (including phenoxy) is 1. The Balaban J connectivity index is 2.29. The first kappa shape index (κ1) is 11.8. The number of rotatable bonds is 3. The number of Topliss-reactive ketones (excluding diaryl/α,β-unsaturated/α-hetero) is 1. The summed E-state index contributed by atoms with van der Waals surface area (Å²) >= 11 is 3.34. The molecule has 0 spiro atoms. The van der Waals surface area contributed by atoms with Gasteiger partial charge in [-0.15, -0.1) is 0 Å². The quantitative estimate of drug-likeness (QED) is 0.836. The van der Waals surface area contributed by atoms with Crippen molar-refractivity contribution in [1.82, 2.24) is 9.78 Å². The van der Waals surface area contributed by atoms with Crippen molar-refractivity contribution in [3.05, 3.63) is 16.4 Å². The van der Waals surface area contributed by atoms with Gasteiger partial charge in [-0.3, -0.25) is 9.48 Å². The summed E-state index contributed by atoms with van der Waals surface area (Å²) in [5.74, 6) is -0.241. The molecule has 16 heavy (non-hydrogen) atoms. The van der Waals surface area contributed by atoms with Crippen LogP contribution in [0.1, 0.15) is 17.4 Å². The summed E-state index contributed by atoms with van der Waals surface area (Å²) in [5, 5.41) is 4.12. The van der Waals surface area contributed by atoms with Crippen molar-refractivity contribution in [1.29, 1.82) is 0 Å². The molecule has 0 saturated carbocycles. The average molecular weight is 288 g/mol. The fraction of sp³-hybridized carbons (Fsp3) is 0.600. The standard InChI is InChI=1S/C10H14BrN3O2/c1-2-14-9(7(11)3-13-14)10(15)6-4-16-5-8(6)12/h3,6,8H,2,4-5,12H2,1H3. The van der Waals surface area contributed by atoms with E-state index in [2.05, 4.69) is 21.0 Å². The van der Waals surface area contributed by atoms with Gasteiger partial charge in [0.2, 0.25) is 0 Å². The van der Waals surface area contributed by atoms with Crippen LogP contribution in [-0.2, 0) is 11.3 Å². The maximum Gasteiger partial charge on any atom is 0.189 e. The van der Waals surface area contributed by atoms with Crippen molar-refractivity contribution in [3.8, 4) is 0 Å². The molecule has 0 amide bonds. The smallest absolute Gasteiger partial charge is 0.189 e. The lowest BCUT2D eigenvalue weighted by Gasteiger charge is -2.13. The second kappa shape index (κ2) is 4.65. The van der Waals surface area contributed by atoms with Crippen LogP contribution in [0.4, 0.5) is 0 Å². The highest BCUT2D eigenvalue weighted by atomic mass is 79.9. The molecule has 6 heteroatoms. The summed E-state index contributed by atoms with van der Waals surface area (Å²) < 4.78 is 7.61. The van der Waals surface area contributed by atoms with Crippen molar-refractivity contribution in [3.63, 3.8) is 0 Å². The summed E-state index contributed by atoms with van der Waals surface area (Å²) in [5.41, 5.74) is 6.43. The third-order valence-corrected chi connectivity index (χ3v) is 3.37. The molecular weight excluding hydrogens is 274 g/mol. The molecule has 1 aliphatic heterocycles. The molecule has 2 atom stereocenters. The number of hydrogen-bond donors (Lipinski definition) is 1. The minimum Gasteiger partial charge on any atom is -0.379 e. The van der Waals surface area contributed by atoms with E-state index in [4.69, 9.17) is 10.5 Å². The lowest BCUT2D eigenvalue weighted by molar-refractivity contribution is 0.0884. The van der Waals surface area contributed by atoms with Crippen LogP contribution in [-0.4, -0.2) is 34.8 Å². The molecule has 1 aromatic heterocycles. The summed E-state index contributed by atoms with van der Waals surface area (Å²) in [6, 6.07) is -0.209. The minimum absolute atomic E-state index is 0.0104. The molecule has 1 saturated heterocycles. The van der Waals surface area contributed by atoms with E-state index in [0.29, 0.717) is 25.5 Å². The van der Waals surface area contributed by atoms with Crippen molar-refractivity contribution < 1.29 is 9.53 Å². The molecule has 2 N–H and O–H groups in total. The van der Waals surface area contributed by atoms with Gasteiger partial charge in [-0.25, -0.2) is 0 Å². The first-order valence-corrected chi connectivity index (χ1v) is 6.03. The monoisotopic (exact) mass is 287 g/mol. The number of aromatic nitrogens is 2. The molecule has 1 aromatic rings. The maximum atomic E-state index is 12.3. The second-order valence-electron chi connectivity index (χ2n) is 3.83. The summed E-state index contributed by atoms with van der Waals surface area (Å²) in [7, 11) is 0. The fourth-order valence-corrected chi connectivity index (χ4v) is 2.36. The van der Waals surface area contributed by atoms with Crippen LogP contribution in [0.25, 0.3) is 0 Å². The Hall–Kier alpha value is -0.720. The third-order valence-electron chi connectivity index (χ3n) is 2.79. The molecule has 88 valence electrons. The Morgan fingerprint density at radius 1 is 1.75 bits per heavy atom. The van der Waals surface area contributed by atoms with Gasteiger partial charge in [-0.05, 0) is 22.9 Å². The molecule has 0 aromatic carbocycles. The Morgan fingerprint density at radius 3 is 3.06 bits per heavy atom. The van der Waals surface area contributed by atoms with Crippen LogP contribution < -0.4 is 5.73 Å². The number of aryl methyl sites for hydroxylation is 1. The van der Waals surface area contributed by atoms with E-state index < -0.39 is 0 Å². The second-order valence-corrected chi connectivity index (χ2v) is 4.68. The molecular formula is C10H14BrN3O2. The zero-order chi connectivity index (χ0) is 11.7. The van der Waals surface area contributed by atoms with Gasteiger partial charge in [0.25, 0.3) is 0 Å². The van der Waals surface area contributed by atoms with Crippen LogP contribution in [0.5, 0.6) is 0 Å². The van der Waals surface area contributed by atoms with Gasteiger partial charge in [0.15, 0.2) is 5.78 Å². The molecule has 0 bridgehead atoms. The van der Waals surface area contributed by atoms with Crippen LogP contribution >= 0.6 is 15.9 Å². The molecule has 1 fully saturated rings. The van der Waals surface area contributed by atoms with E-state index in [0.717, 1.165) is 4.47 Å². The first-order chi connectivity index (χ1) is 7.65. The third kappa shape index (κ3) is 1.92. The van der Waals surface area contributed by atoms with Gasteiger partial charge in [0.05, 0.1) is 29.8 Å². The van der Waals surface area contributed by atoms with Gasteiger partial charge in [-0.2, -0.15) is 5.10 Å². The van der Waals surface area contributed by atoms with Crippen molar-refractivity contribution >= 4 is 21.7 Å². The van der Waals surface area contributed by atoms with E-state index in [9.17, 15) is 4.79 Å². The predicted octanol–water partition coefficient (Wildman–Crippen LogP) is 0.822. The number of carbonyl (C=O) groups excluding carboxylic acids is 1. The lowest BCUT2D eigenvalue weighted by atomic mass is 9.97. The zero-order valence-electron chi connectivity index (χ0n) is 9.02. The van der Waals surface area contributed by atoms with E-state index in [1.165, 1.54) is 0 Å². The summed E-state index contributed by atoms with van der Waals surface area (Å²) in [4.78, 5) is 12.3. The van der Waals surface area contributed by atoms with Crippen LogP contribution in [0.2, 0.25) is 0 Å². The number of nitrogens with zero attached hydrogens (tertiary/aromatic N) is 2. The number of carbonyl (C=O) groups is 1. The highest BCUT2D eigenvalue weighted by Crippen LogP contribution is 2.23. The molecule has 2 rings (SSSR count). The largest absolute Gasteiger partial charge is 0.379 e. The minimum atomic E-state index is -0.252. The topological polar surface area (TPSA) is 70.1 Å². The number of halogens is 1. The SMILES string of the molecule is CCn1ncc(Br)c1C(=O)C1COCC1N. The maximum absolute atomic E-state index is 12.3. The Kier molecular flexibility index (Phi) is 3.41. The molecule has 0 radical (unpaired) electrons. The fourth-order valence-electron chi connectivity index (χ4n) is 1.86. The Labute approximate surface area is 102 Å². The summed E-state index contributed by atoms with van der Waals surface area (Å²) in [6.45, 7) is 3.46. The van der Waals surface area contributed by atoms with E-state index >= 15 is 0 Å². The highest BCUT2D eigenvalue weighted by molar-refractivity contribution is 9.10. The van der Waals surface area contributed by atoms with Gasteiger partial charge in [0.1, 0.15) is 5.69 Å². The van der Waals surface area contributed by atoms with Gasteiger partial charge >= 0.3 is 0 Å². The van der Waals surface area contributed by atoms with Crippen molar-refractivity contribution in [2.45, 2.75) is 19.5 Å². The molecule has 1 aliphatic rings. The van der Waals surface area contributed by atoms with Crippen LogP contribution in [0.15, 0.2) is 10.7 Å². The van der Waals surface area contributed by atoms with Gasteiger partial charge in [-0.1, -0.05) is 0 Å². The first-order valence-electron chi connectivity index (χ1n) is 5.24. The van der Waals surface area contributed by atoms with Crippen molar-refractivity contribution in [2.24, 2.45) is 11.7 Å². The van der Waals surface area contributed by atoms with Gasteiger partial charge < -0.3 is 10.5 Å². The van der Waals surface area contributed by atoms with Crippen molar-refractivity contribution in [2.75, 3.05) is 13.2 Å². The predicted molar refractivity (Wildman–Crippen MR) is 62.2 cm³/mol. The average Bonchev–Trinajstić information content (AvgIpc) is 2.83. The lowest BCUT2D eigenvalue weighted by Crippen LogP contribution is -2.35. The van der Waals surface area contributed by atoms with E-state index in [1.807, 2.05) is 6.92 Å². The van der Waals surface area contributed by atoms with E-state index in [-0.39, 0.29) is 17.7 Å². The molecule has 0 aliphatic carbocycles. The Morgan fingerprint density at radius 2 is 2.50 bits per heavy atom. The van der Waals surface area contributed by atoms with E-state index in [1.54, 1.807) is 10.9 Å². The number of hydrogen-bond acceptors (Lipinski definition) is 4. The van der Waals surface area contributed by atoms with Crippen LogP contribution in [0, 0.1) is 5.92 Å². The zero-order valence-corrected chi connectivity index (χ0v) is 10.6. The van der Waals surface area contributed by atoms with Crippen LogP contribution in [0.3, 0.4) is 0 Å². The Bertz CT molecular complexity index is 405. The highest BCUT2D eigenvalue weighted by Gasteiger charge is 2.34. The molecule has 5 nitrogen and oxygen atoms in total. The number of nitrogens with two attached hydrogens (primary N) is 1. The summed E-state index contributed by atoms with van der Waals surface area (Å²) in [6.07, 6.45) is 1.64. The number of ketones is 1.